The van der Waals surface area contributed by atoms with Crippen LogP contribution in [0.15, 0.2) is 67.0 Å². The van der Waals surface area contributed by atoms with E-state index in [4.69, 9.17) is 9.47 Å². The number of hydrogen-bond donors (Lipinski definition) is 1. The van der Waals surface area contributed by atoms with E-state index >= 15 is 0 Å². The highest BCUT2D eigenvalue weighted by Crippen LogP contribution is 2.51. The van der Waals surface area contributed by atoms with Crippen molar-refractivity contribution in [3.8, 4) is 17.2 Å². The standard InChI is InChI=1S/C34H39N5O3/c1-41-30-6-2-25(3-7-30)23-37-14-16-39(17-15-37)29-20-34(21-29)9-12-38(13-10-34)28-5-4-27(24-40)32(19-28)42-31-18-26-8-11-35-33(26)36-22-31/h2-8,11,18-19,22,24,29H,9-10,12-17,20-21,23H2,1H3,(H,35,36). The molecule has 0 amide bonds. The number of ether oxygens (including phenoxy) is 2. The zero-order chi connectivity index (χ0) is 28.5. The Labute approximate surface area is 247 Å². The molecular weight excluding hydrogens is 526 g/mol. The molecule has 1 aliphatic carbocycles. The maximum Gasteiger partial charge on any atom is 0.153 e. The second-order valence-corrected chi connectivity index (χ2v) is 12.2. The summed E-state index contributed by atoms with van der Waals surface area (Å²) in [4.78, 5) is 27.0. The molecule has 2 aromatic carbocycles. The van der Waals surface area contributed by atoms with Gasteiger partial charge in [0, 0.05) is 75.2 Å². The van der Waals surface area contributed by atoms with E-state index in [1.165, 1.54) is 44.3 Å². The number of carbonyl (C=O) groups is 1. The number of nitrogens with zero attached hydrogens (tertiary/aromatic N) is 4. The summed E-state index contributed by atoms with van der Waals surface area (Å²) in [7, 11) is 1.72. The fourth-order valence-electron chi connectivity index (χ4n) is 7.13. The maximum absolute atomic E-state index is 11.8. The van der Waals surface area contributed by atoms with Crippen LogP contribution >= 0.6 is 0 Å². The predicted octanol–water partition coefficient (Wildman–Crippen LogP) is 5.74. The molecular formula is C34H39N5O3. The Morgan fingerprint density at radius 2 is 1.74 bits per heavy atom. The molecule has 4 heterocycles. The monoisotopic (exact) mass is 565 g/mol. The molecule has 0 atom stereocenters. The van der Waals surface area contributed by atoms with Crippen molar-refractivity contribution in [3.05, 3.63) is 78.1 Å². The lowest BCUT2D eigenvalue weighted by Gasteiger charge is -2.56. The van der Waals surface area contributed by atoms with Crippen molar-refractivity contribution in [2.75, 3.05) is 51.3 Å². The SMILES string of the molecule is COc1ccc(CN2CCN(C3CC4(CCN(c5ccc(C=O)c(Oc6cnc7[nH]ccc7c6)c5)CC4)C3)CC2)cc1. The van der Waals surface area contributed by atoms with Gasteiger partial charge in [-0.2, -0.15) is 0 Å². The molecule has 1 spiro atoms. The summed E-state index contributed by atoms with van der Waals surface area (Å²) in [5.74, 6) is 2.12. The first-order valence-corrected chi connectivity index (χ1v) is 15.1. The fourth-order valence-corrected chi connectivity index (χ4v) is 7.13. The third-order valence-corrected chi connectivity index (χ3v) is 9.74. The number of benzene rings is 2. The van der Waals surface area contributed by atoms with Crippen LogP contribution in [-0.2, 0) is 6.54 Å². The predicted molar refractivity (Wildman–Crippen MR) is 165 cm³/mol. The average molecular weight is 566 g/mol. The number of methoxy groups -OCH3 is 1. The fraction of sp³-hybridized carbons (Fsp3) is 0.412. The molecule has 3 aliphatic rings. The zero-order valence-electron chi connectivity index (χ0n) is 24.3. The van der Waals surface area contributed by atoms with Crippen molar-refractivity contribution in [2.45, 2.75) is 38.3 Å². The van der Waals surface area contributed by atoms with Gasteiger partial charge in [0.15, 0.2) is 6.29 Å². The molecule has 1 N–H and O–H groups in total. The molecule has 4 aromatic rings. The Balaban J connectivity index is 0.908. The third-order valence-electron chi connectivity index (χ3n) is 9.74. The van der Waals surface area contributed by atoms with E-state index in [0.717, 1.165) is 67.5 Å². The van der Waals surface area contributed by atoms with Crippen molar-refractivity contribution in [2.24, 2.45) is 5.41 Å². The molecule has 0 radical (unpaired) electrons. The van der Waals surface area contributed by atoms with Crippen molar-refractivity contribution < 1.29 is 14.3 Å². The number of aromatic nitrogens is 2. The normalized spacial score (nSPS) is 19.6. The zero-order valence-corrected chi connectivity index (χ0v) is 24.3. The van der Waals surface area contributed by atoms with Crippen molar-refractivity contribution >= 4 is 23.0 Å². The van der Waals surface area contributed by atoms with Gasteiger partial charge in [-0.3, -0.25) is 14.6 Å². The van der Waals surface area contributed by atoms with Gasteiger partial charge in [0.25, 0.3) is 0 Å². The van der Waals surface area contributed by atoms with Gasteiger partial charge >= 0.3 is 0 Å². The highest BCUT2D eigenvalue weighted by molar-refractivity contribution is 5.81. The number of rotatable bonds is 8. The van der Waals surface area contributed by atoms with E-state index in [1.54, 1.807) is 13.3 Å². The van der Waals surface area contributed by atoms with Crippen molar-refractivity contribution in [3.63, 3.8) is 0 Å². The Morgan fingerprint density at radius 1 is 0.952 bits per heavy atom. The lowest BCUT2D eigenvalue weighted by atomic mass is 9.60. The van der Waals surface area contributed by atoms with E-state index in [0.29, 0.717) is 22.5 Å². The average Bonchev–Trinajstić information content (AvgIpc) is 3.49. The van der Waals surface area contributed by atoms with Gasteiger partial charge in [0.2, 0.25) is 0 Å². The van der Waals surface area contributed by atoms with Crippen LogP contribution < -0.4 is 14.4 Å². The molecule has 218 valence electrons. The minimum Gasteiger partial charge on any atom is -0.497 e. The number of hydrogen-bond acceptors (Lipinski definition) is 7. The Kier molecular flexibility index (Phi) is 7.34. The number of aldehydes is 1. The van der Waals surface area contributed by atoms with Crippen LogP contribution in [0.5, 0.6) is 17.2 Å². The Hall–Kier alpha value is -3.88. The summed E-state index contributed by atoms with van der Waals surface area (Å²) in [5, 5.41) is 0.979. The van der Waals surface area contributed by atoms with Gasteiger partial charge in [-0.15, -0.1) is 0 Å². The van der Waals surface area contributed by atoms with E-state index in [9.17, 15) is 4.79 Å². The summed E-state index contributed by atoms with van der Waals surface area (Å²) in [6, 6.07) is 19.0. The molecule has 3 fully saturated rings. The van der Waals surface area contributed by atoms with Crippen LogP contribution in [0, 0.1) is 5.41 Å². The summed E-state index contributed by atoms with van der Waals surface area (Å²) >= 11 is 0. The number of carbonyl (C=O) groups excluding carboxylic acids is 1. The van der Waals surface area contributed by atoms with Gasteiger partial charge in [-0.1, -0.05) is 12.1 Å². The maximum atomic E-state index is 11.8. The van der Waals surface area contributed by atoms with E-state index in [1.807, 2.05) is 30.5 Å². The van der Waals surface area contributed by atoms with E-state index < -0.39 is 0 Å². The molecule has 7 rings (SSSR count). The first-order chi connectivity index (χ1) is 20.6. The summed E-state index contributed by atoms with van der Waals surface area (Å²) in [5.41, 5.74) is 4.32. The molecule has 8 heteroatoms. The molecule has 2 saturated heterocycles. The summed E-state index contributed by atoms with van der Waals surface area (Å²) < 4.78 is 11.5. The van der Waals surface area contributed by atoms with Gasteiger partial charge in [-0.25, -0.2) is 4.98 Å². The number of piperazine rings is 1. The molecule has 2 aliphatic heterocycles. The van der Waals surface area contributed by atoms with Crippen LogP contribution in [0.3, 0.4) is 0 Å². The Morgan fingerprint density at radius 3 is 2.48 bits per heavy atom. The molecule has 8 nitrogen and oxygen atoms in total. The van der Waals surface area contributed by atoms with Gasteiger partial charge in [-0.05, 0) is 73.1 Å². The van der Waals surface area contributed by atoms with E-state index in [2.05, 4.69) is 55.0 Å². The van der Waals surface area contributed by atoms with Crippen LogP contribution in [0.2, 0.25) is 0 Å². The lowest BCUT2D eigenvalue weighted by molar-refractivity contribution is -0.0355. The first-order valence-electron chi connectivity index (χ1n) is 15.1. The number of fused-ring (bicyclic) bond motifs is 1. The van der Waals surface area contributed by atoms with Gasteiger partial charge in [0.05, 0.1) is 18.9 Å². The smallest absolute Gasteiger partial charge is 0.153 e. The lowest BCUT2D eigenvalue weighted by Crippen LogP contribution is -2.59. The first kappa shape index (κ1) is 27.0. The largest absolute Gasteiger partial charge is 0.497 e. The second kappa shape index (κ2) is 11.4. The minimum absolute atomic E-state index is 0.487. The molecule has 42 heavy (non-hydrogen) atoms. The topological polar surface area (TPSA) is 73.9 Å². The molecule has 1 saturated carbocycles. The Bertz CT molecular complexity index is 1530. The number of piperidine rings is 1. The molecule has 0 unspecified atom stereocenters. The number of pyridine rings is 1. The number of H-pyrrole nitrogens is 1. The minimum atomic E-state index is 0.487. The second-order valence-electron chi connectivity index (χ2n) is 12.2. The van der Waals surface area contributed by atoms with Gasteiger partial charge in [0.1, 0.15) is 22.9 Å². The van der Waals surface area contributed by atoms with E-state index in [-0.39, 0.29) is 0 Å². The van der Waals surface area contributed by atoms with Crippen LogP contribution in [0.1, 0.15) is 41.6 Å². The summed E-state index contributed by atoms with van der Waals surface area (Å²) in [6.45, 7) is 7.71. The van der Waals surface area contributed by atoms with Gasteiger partial charge < -0.3 is 19.4 Å². The van der Waals surface area contributed by atoms with Crippen LogP contribution in [0.4, 0.5) is 5.69 Å². The number of anilines is 1. The molecule has 2 aromatic heterocycles. The molecule has 0 bridgehead atoms. The van der Waals surface area contributed by atoms with Crippen LogP contribution in [-0.4, -0.2) is 78.5 Å². The van der Waals surface area contributed by atoms with Crippen LogP contribution in [0.25, 0.3) is 11.0 Å². The van der Waals surface area contributed by atoms with Crippen molar-refractivity contribution in [1.29, 1.82) is 0 Å². The highest BCUT2D eigenvalue weighted by atomic mass is 16.5. The highest BCUT2D eigenvalue weighted by Gasteiger charge is 2.48. The summed E-state index contributed by atoms with van der Waals surface area (Å²) in [6.07, 6.45) is 9.51. The van der Waals surface area contributed by atoms with Crippen molar-refractivity contribution in [1.82, 2.24) is 19.8 Å². The number of aromatic amines is 1. The quantitative estimate of drug-likeness (QED) is 0.273. The third kappa shape index (κ3) is 5.49. The number of nitrogens with one attached hydrogen (secondary N) is 1.